The van der Waals surface area contributed by atoms with E-state index < -0.39 is 0 Å². The summed E-state index contributed by atoms with van der Waals surface area (Å²) in [6, 6.07) is 0. The highest BCUT2D eigenvalue weighted by Crippen LogP contribution is 2.30. The average molecular weight is 262 g/mol. The molecule has 4 nitrogen and oxygen atoms in total. The van der Waals surface area contributed by atoms with Gasteiger partial charge in [0.15, 0.2) is 0 Å². The van der Waals surface area contributed by atoms with E-state index in [2.05, 4.69) is 41.0 Å². The lowest BCUT2D eigenvalue weighted by Gasteiger charge is -2.36. The SMILES string of the molecule is CCCc1c(NC)ncnc1N1CC(C)CC(C)C1. The lowest BCUT2D eigenvalue weighted by molar-refractivity contribution is 0.355. The molecule has 0 radical (unpaired) electrons. The van der Waals surface area contributed by atoms with Crippen LogP contribution < -0.4 is 10.2 Å². The lowest BCUT2D eigenvalue weighted by Crippen LogP contribution is -2.39. The predicted octanol–water partition coefficient (Wildman–Crippen LogP) is 2.95. The first-order valence-electron chi connectivity index (χ1n) is 7.42. The molecule has 2 heterocycles. The van der Waals surface area contributed by atoms with Gasteiger partial charge < -0.3 is 10.2 Å². The first-order chi connectivity index (χ1) is 9.15. The first kappa shape index (κ1) is 14.1. The Morgan fingerprint density at radius 3 is 2.53 bits per heavy atom. The summed E-state index contributed by atoms with van der Waals surface area (Å²) in [5, 5.41) is 3.20. The van der Waals surface area contributed by atoms with Crippen LogP contribution in [0.15, 0.2) is 6.33 Å². The molecule has 1 fully saturated rings. The zero-order valence-electron chi connectivity index (χ0n) is 12.6. The fraction of sp³-hybridized carbons (Fsp3) is 0.733. The van der Waals surface area contributed by atoms with E-state index in [1.54, 1.807) is 6.33 Å². The van der Waals surface area contributed by atoms with Crippen molar-refractivity contribution in [2.24, 2.45) is 11.8 Å². The number of hydrogen-bond donors (Lipinski definition) is 1. The van der Waals surface area contributed by atoms with Gasteiger partial charge in [0.2, 0.25) is 0 Å². The molecule has 1 aliphatic heterocycles. The minimum absolute atomic E-state index is 0.742. The van der Waals surface area contributed by atoms with Crippen LogP contribution in [0.1, 0.15) is 39.2 Å². The summed E-state index contributed by atoms with van der Waals surface area (Å²) in [5.41, 5.74) is 1.27. The molecule has 1 aromatic rings. The molecule has 1 saturated heterocycles. The molecule has 1 aromatic heterocycles. The van der Waals surface area contributed by atoms with Gasteiger partial charge in [0, 0.05) is 25.7 Å². The summed E-state index contributed by atoms with van der Waals surface area (Å²) in [6.45, 7) is 9.10. The predicted molar refractivity (Wildman–Crippen MR) is 80.7 cm³/mol. The van der Waals surface area contributed by atoms with E-state index in [9.17, 15) is 0 Å². The Bertz CT molecular complexity index is 409. The Morgan fingerprint density at radius 2 is 1.95 bits per heavy atom. The van der Waals surface area contributed by atoms with Gasteiger partial charge in [0.1, 0.15) is 18.0 Å². The number of nitrogens with one attached hydrogen (secondary N) is 1. The maximum atomic E-state index is 4.57. The summed E-state index contributed by atoms with van der Waals surface area (Å²) >= 11 is 0. The Morgan fingerprint density at radius 1 is 1.26 bits per heavy atom. The van der Waals surface area contributed by atoms with Crippen LogP contribution in [0.3, 0.4) is 0 Å². The van der Waals surface area contributed by atoms with Crippen molar-refractivity contribution in [1.82, 2.24) is 9.97 Å². The molecule has 19 heavy (non-hydrogen) atoms. The van der Waals surface area contributed by atoms with Gasteiger partial charge in [-0.15, -0.1) is 0 Å². The zero-order chi connectivity index (χ0) is 13.8. The zero-order valence-corrected chi connectivity index (χ0v) is 12.6. The molecule has 106 valence electrons. The normalized spacial score (nSPS) is 23.5. The van der Waals surface area contributed by atoms with Crippen LogP contribution in [0, 0.1) is 11.8 Å². The number of anilines is 2. The van der Waals surface area contributed by atoms with Gasteiger partial charge in [-0.05, 0) is 24.7 Å². The second-order valence-electron chi connectivity index (χ2n) is 5.88. The van der Waals surface area contributed by atoms with Gasteiger partial charge in [0.25, 0.3) is 0 Å². The van der Waals surface area contributed by atoms with Crippen molar-refractivity contribution in [2.45, 2.75) is 40.0 Å². The van der Waals surface area contributed by atoms with Crippen LogP contribution in [0.4, 0.5) is 11.6 Å². The van der Waals surface area contributed by atoms with E-state index in [1.165, 1.54) is 12.0 Å². The highest BCUT2D eigenvalue weighted by molar-refractivity contribution is 5.58. The summed E-state index contributed by atoms with van der Waals surface area (Å²) in [6.07, 6.45) is 5.16. The lowest BCUT2D eigenvalue weighted by atomic mass is 9.91. The summed E-state index contributed by atoms with van der Waals surface area (Å²) in [7, 11) is 1.94. The fourth-order valence-corrected chi connectivity index (χ4v) is 3.21. The standard InChI is InChI=1S/C15H26N4/c1-5-6-13-14(16-4)17-10-18-15(13)19-8-11(2)7-12(3)9-19/h10-12H,5-9H2,1-4H3,(H,16,17,18). The monoisotopic (exact) mass is 262 g/mol. The average Bonchev–Trinajstić information content (AvgIpc) is 2.38. The third kappa shape index (κ3) is 3.17. The molecule has 1 N–H and O–H groups in total. The molecule has 0 saturated carbocycles. The van der Waals surface area contributed by atoms with Gasteiger partial charge in [-0.25, -0.2) is 9.97 Å². The topological polar surface area (TPSA) is 41.1 Å². The highest BCUT2D eigenvalue weighted by atomic mass is 15.2. The maximum absolute atomic E-state index is 4.57. The summed E-state index contributed by atoms with van der Waals surface area (Å²) in [5.74, 6) is 3.61. The van der Waals surface area contributed by atoms with Gasteiger partial charge in [0.05, 0.1) is 0 Å². The van der Waals surface area contributed by atoms with Gasteiger partial charge in [-0.2, -0.15) is 0 Å². The van der Waals surface area contributed by atoms with Gasteiger partial charge in [-0.1, -0.05) is 27.2 Å². The molecule has 0 bridgehead atoms. The van der Waals surface area contributed by atoms with E-state index >= 15 is 0 Å². The Hall–Kier alpha value is -1.32. The summed E-state index contributed by atoms with van der Waals surface area (Å²) < 4.78 is 0. The second kappa shape index (κ2) is 6.22. The molecule has 0 aliphatic carbocycles. The van der Waals surface area contributed by atoms with Crippen LogP contribution in [-0.2, 0) is 6.42 Å². The van der Waals surface area contributed by atoms with E-state index in [1.807, 2.05) is 7.05 Å². The number of hydrogen-bond acceptors (Lipinski definition) is 4. The Labute approximate surface area is 116 Å². The van der Waals surface area contributed by atoms with E-state index in [-0.39, 0.29) is 0 Å². The molecule has 4 heteroatoms. The molecule has 0 aromatic carbocycles. The van der Waals surface area contributed by atoms with Gasteiger partial charge >= 0.3 is 0 Å². The minimum atomic E-state index is 0.742. The molecule has 2 atom stereocenters. The Kier molecular flexibility index (Phi) is 4.61. The molecular formula is C15H26N4. The van der Waals surface area contributed by atoms with Crippen molar-refractivity contribution in [3.05, 3.63) is 11.9 Å². The third-order valence-electron chi connectivity index (χ3n) is 3.83. The van der Waals surface area contributed by atoms with E-state index in [0.29, 0.717) is 0 Å². The smallest absolute Gasteiger partial charge is 0.137 e. The van der Waals surface area contributed by atoms with E-state index in [4.69, 9.17) is 0 Å². The molecular weight excluding hydrogens is 236 g/mol. The van der Waals surface area contributed by atoms with Crippen LogP contribution in [-0.4, -0.2) is 30.1 Å². The molecule has 2 rings (SSSR count). The highest BCUT2D eigenvalue weighted by Gasteiger charge is 2.25. The van der Waals surface area contributed by atoms with Crippen molar-refractivity contribution < 1.29 is 0 Å². The van der Waals surface area contributed by atoms with Crippen LogP contribution >= 0.6 is 0 Å². The van der Waals surface area contributed by atoms with Crippen molar-refractivity contribution in [1.29, 1.82) is 0 Å². The third-order valence-corrected chi connectivity index (χ3v) is 3.83. The molecule has 1 aliphatic rings. The largest absolute Gasteiger partial charge is 0.373 e. The van der Waals surface area contributed by atoms with Crippen molar-refractivity contribution in [3.8, 4) is 0 Å². The first-order valence-corrected chi connectivity index (χ1v) is 7.42. The number of piperidine rings is 1. The van der Waals surface area contributed by atoms with Crippen molar-refractivity contribution in [2.75, 3.05) is 30.4 Å². The van der Waals surface area contributed by atoms with E-state index in [0.717, 1.165) is 49.4 Å². The van der Waals surface area contributed by atoms with Gasteiger partial charge in [-0.3, -0.25) is 0 Å². The molecule has 0 spiro atoms. The molecule has 0 amide bonds. The second-order valence-corrected chi connectivity index (χ2v) is 5.88. The Balaban J connectivity index is 2.32. The number of aromatic nitrogens is 2. The fourth-order valence-electron chi connectivity index (χ4n) is 3.21. The van der Waals surface area contributed by atoms with Crippen molar-refractivity contribution >= 4 is 11.6 Å². The minimum Gasteiger partial charge on any atom is -0.373 e. The summed E-state index contributed by atoms with van der Waals surface area (Å²) in [4.78, 5) is 11.4. The molecule has 2 unspecified atom stereocenters. The van der Waals surface area contributed by atoms with Crippen LogP contribution in [0.5, 0.6) is 0 Å². The van der Waals surface area contributed by atoms with Crippen LogP contribution in [0.25, 0.3) is 0 Å². The quantitative estimate of drug-likeness (QED) is 0.905. The van der Waals surface area contributed by atoms with Crippen molar-refractivity contribution in [3.63, 3.8) is 0 Å². The van der Waals surface area contributed by atoms with Crippen LogP contribution in [0.2, 0.25) is 0 Å². The maximum Gasteiger partial charge on any atom is 0.137 e. The number of rotatable bonds is 4. The number of nitrogens with zero attached hydrogens (tertiary/aromatic N) is 3.